The molecule has 1 aromatic rings. The molecule has 3 nitrogen and oxygen atoms in total. The fourth-order valence-electron chi connectivity index (χ4n) is 1.32. The Morgan fingerprint density at radius 2 is 2.18 bits per heavy atom. The lowest BCUT2D eigenvalue weighted by Crippen LogP contribution is -2.19. The first-order valence-corrected chi connectivity index (χ1v) is 5.09. The van der Waals surface area contributed by atoms with Crippen molar-refractivity contribution in [2.45, 2.75) is 25.6 Å². The molecule has 0 aromatic carbocycles. The van der Waals surface area contributed by atoms with Gasteiger partial charge in [0.1, 0.15) is 0 Å². The van der Waals surface area contributed by atoms with Crippen LogP contribution in [0.5, 0.6) is 5.88 Å². The molecule has 0 aliphatic heterocycles. The maximum absolute atomic E-state index is 12.1. The van der Waals surface area contributed by atoms with Crippen LogP contribution in [0.25, 0.3) is 0 Å². The van der Waals surface area contributed by atoms with Crippen LogP contribution in [-0.2, 0) is 12.3 Å². The van der Waals surface area contributed by atoms with Gasteiger partial charge in [0.25, 0.3) is 0 Å². The second-order valence-electron chi connectivity index (χ2n) is 3.22. The molecule has 0 N–H and O–H groups in total. The molecule has 0 spiro atoms. The minimum atomic E-state index is -4.83. The molecule has 0 aliphatic rings. The number of aryl methyl sites for hydroxylation is 1. The third kappa shape index (κ3) is 3.79. The lowest BCUT2D eigenvalue weighted by Gasteiger charge is -2.14. The van der Waals surface area contributed by atoms with E-state index in [9.17, 15) is 13.2 Å². The molecule has 0 aliphatic carbocycles. The molecule has 0 saturated heterocycles. The molecule has 0 fully saturated rings. The zero-order valence-corrected chi connectivity index (χ0v) is 9.56. The molecule has 1 heterocycles. The molecule has 0 bridgehead atoms. The first-order chi connectivity index (χ1) is 7.87. The Labute approximate surface area is 101 Å². The number of pyridine rings is 1. The highest BCUT2D eigenvalue weighted by Gasteiger charge is 2.33. The molecule has 7 heteroatoms. The molecule has 0 saturated carbocycles. The van der Waals surface area contributed by atoms with Gasteiger partial charge >= 0.3 is 6.36 Å². The topological polar surface area (TPSA) is 45.9 Å². The minimum absolute atomic E-state index is 0.0420. The summed E-state index contributed by atoms with van der Waals surface area (Å²) in [7, 11) is 0. The number of ether oxygens (including phenoxy) is 1. The van der Waals surface area contributed by atoms with Crippen LogP contribution in [0, 0.1) is 18.3 Å². The van der Waals surface area contributed by atoms with Crippen molar-refractivity contribution in [1.29, 1.82) is 5.26 Å². The second-order valence-corrected chi connectivity index (χ2v) is 3.49. The number of aromatic nitrogens is 1. The lowest BCUT2D eigenvalue weighted by molar-refractivity contribution is -0.276. The Bertz CT molecular complexity index is 454. The molecule has 1 aromatic heterocycles. The van der Waals surface area contributed by atoms with Crippen LogP contribution in [0.3, 0.4) is 0 Å². The van der Waals surface area contributed by atoms with Crippen molar-refractivity contribution in [2.24, 2.45) is 0 Å². The number of alkyl halides is 4. The maximum Gasteiger partial charge on any atom is 0.574 e. The van der Waals surface area contributed by atoms with Crippen molar-refractivity contribution in [3.8, 4) is 11.9 Å². The Balaban J connectivity index is 3.24. The van der Waals surface area contributed by atoms with E-state index in [1.807, 2.05) is 6.07 Å². The summed E-state index contributed by atoms with van der Waals surface area (Å²) in [5.41, 5.74) is 0.828. The molecule has 0 radical (unpaired) electrons. The number of halogens is 4. The van der Waals surface area contributed by atoms with Crippen molar-refractivity contribution in [1.82, 2.24) is 4.98 Å². The Morgan fingerprint density at radius 1 is 1.53 bits per heavy atom. The molecule has 17 heavy (non-hydrogen) atoms. The summed E-state index contributed by atoms with van der Waals surface area (Å²) in [6, 6.07) is 3.37. The molecule has 1 rings (SSSR count). The van der Waals surface area contributed by atoms with Gasteiger partial charge in [-0.3, -0.25) is 0 Å². The lowest BCUT2D eigenvalue weighted by atomic mass is 10.1. The van der Waals surface area contributed by atoms with Crippen molar-refractivity contribution < 1.29 is 17.9 Å². The van der Waals surface area contributed by atoms with E-state index >= 15 is 0 Å². The summed E-state index contributed by atoms with van der Waals surface area (Å²) >= 11 is 5.56. The van der Waals surface area contributed by atoms with Crippen LogP contribution in [0.15, 0.2) is 6.07 Å². The van der Waals surface area contributed by atoms with Gasteiger partial charge in [-0.25, -0.2) is 4.98 Å². The van der Waals surface area contributed by atoms with E-state index < -0.39 is 12.2 Å². The first kappa shape index (κ1) is 13.6. The van der Waals surface area contributed by atoms with Gasteiger partial charge in [-0.2, -0.15) is 5.26 Å². The van der Waals surface area contributed by atoms with E-state index in [1.54, 1.807) is 0 Å². The Kier molecular flexibility index (Phi) is 4.18. The summed E-state index contributed by atoms with van der Waals surface area (Å²) in [6.45, 7) is 1.52. The monoisotopic (exact) mass is 264 g/mol. The van der Waals surface area contributed by atoms with E-state index in [0.717, 1.165) is 0 Å². The standard InChI is InChI=1S/C10H8ClF3N2O/c1-6-4-7(2-3-15)8(5-11)9(16-6)17-10(12,13)14/h4H,2,5H2,1H3. The van der Waals surface area contributed by atoms with Crippen molar-refractivity contribution in [2.75, 3.05) is 0 Å². The number of hydrogen-bond donors (Lipinski definition) is 0. The smallest absolute Gasteiger partial charge is 0.388 e. The van der Waals surface area contributed by atoms with Gasteiger partial charge in [0.15, 0.2) is 0 Å². The van der Waals surface area contributed by atoms with Gasteiger partial charge in [-0.1, -0.05) is 0 Å². The highest BCUT2D eigenvalue weighted by atomic mass is 35.5. The summed E-state index contributed by atoms with van der Waals surface area (Å²) in [6.07, 6.45) is -4.87. The van der Waals surface area contributed by atoms with Gasteiger partial charge in [-0.15, -0.1) is 24.8 Å². The summed E-state index contributed by atoms with van der Waals surface area (Å²) in [5, 5.41) is 8.58. The number of hydrogen-bond acceptors (Lipinski definition) is 3. The van der Waals surface area contributed by atoms with E-state index in [1.165, 1.54) is 13.0 Å². The highest BCUT2D eigenvalue weighted by Crippen LogP contribution is 2.28. The van der Waals surface area contributed by atoms with Crippen LogP contribution in [0.2, 0.25) is 0 Å². The van der Waals surface area contributed by atoms with Gasteiger partial charge in [-0.05, 0) is 18.6 Å². The van der Waals surface area contributed by atoms with Crippen molar-refractivity contribution in [3.05, 3.63) is 22.9 Å². The van der Waals surface area contributed by atoms with Gasteiger partial charge in [0, 0.05) is 11.3 Å². The molecule has 0 atom stereocenters. The Morgan fingerprint density at radius 3 is 2.65 bits per heavy atom. The molecule has 92 valence electrons. The minimum Gasteiger partial charge on any atom is -0.388 e. The Hall–Kier alpha value is -1.48. The molecule has 0 amide bonds. The SMILES string of the molecule is Cc1cc(CC#N)c(CCl)c(OC(F)(F)F)n1. The predicted molar refractivity (Wildman–Crippen MR) is 54.5 cm³/mol. The largest absolute Gasteiger partial charge is 0.574 e. The van der Waals surface area contributed by atoms with E-state index in [4.69, 9.17) is 16.9 Å². The third-order valence-corrected chi connectivity index (χ3v) is 2.19. The maximum atomic E-state index is 12.1. The van der Waals surface area contributed by atoms with Crippen molar-refractivity contribution >= 4 is 11.6 Å². The van der Waals surface area contributed by atoms with Gasteiger partial charge < -0.3 is 4.74 Å². The van der Waals surface area contributed by atoms with Crippen LogP contribution in [0.4, 0.5) is 13.2 Å². The van der Waals surface area contributed by atoms with E-state index in [2.05, 4.69) is 9.72 Å². The average molecular weight is 265 g/mol. The van der Waals surface area contributed by atoms with E-state index in [-0.39, 0.29) is 17.9 Å². The van der Waals surface area contributed by atoms with E-state index in [0.29, 0.717) is 11.3 Å². The second kappa shape index (κ2) is 5.23. The predicted octanol–water partition coefficient (Wildman–Crippen LogP) is 3.09. The molecular weight excluding hydrogens is 257 g/mol. The van der Waals surface area contributed by atoms with Crippen LogP contribution >= 0.6 is 11.6 Å². The fourth-order valence-corrected chi connectivity index (χ4v) is 1.60. The normalized spacial score (nSPS) is 11.1. The molecule has 0 unspecified atom stereocenters. The quantitative estimate of drug-likeness (QED) is 0.788. The van der Waals surface area contributed by atoms with Crippen LogP contribution in [-0.4, -0.2) is 11.3 Å². The fraction of sp³-hybridized carbons (Fsp3) is 0.400. The van der Waals surface area contributed by atoms with Gasteiger partial charge in [0.2, 0.25) is 5.88 Å². The van der Waals surface area contributed by atoms with Crippen LogP contribution < -0.4 is 4.74 Å². The average Bonchev–Trinajstić information content (AvgIpc) is 2.15. The summed E-state index contributed by atoms with van der Waals surface area (Å²) < 4.78 is 40.2. The summed E-state index contributed by atoms with van der Waals surface area (Å²) in [5.74, 6) is -0.784. The van der Waals surface area contributed by atoms with Crippen LogP contribution in [0.1, 0.15) is 16.8 Å². The zero-order valence-electron chi connectivity index (χ0n) is 8.81. The van der Waals surface area contributed by atoms with Crippen molar-refractivity contribution in [3.63, 3.8) is 0 Å². The first-order valence-electron chi connectivity index (χ1n) is 4.55. The number of nitriles is 1. The molecular formula is C10H8ClF3N2O. The number of rotatable bonds is 3. The zero-order chi connectivity index (χ0) is 13.1. The van der Waals surface area contributed by atoms with Gasteiger partial charge in [0.05, 0.1) is 18.4 Å². The highest BCUT2D eigenvalue weighted by molar-refractivity contribution is 6.17. The summed E-state index contributed by atoms with van der Waals surface area (Å²) in [4.78, 5) is 3.64. The third-order valence-electron chi connectivity index (χ3n) is 1.92. The number of nitrogens with zero attached hydrogens (tertiary/aromatic N) is 2.